The van der Waals surface area contributed by atoms with Crippen molar-refractivity contribution in [3.63, 3.8) is 0 Å². The second-order valence-corrected chi connectivity index (χ2v) is 3.37. The molecule has 1 heterocycles. The molecule has 1 aliphatic rings. The Hall–Kier alpha value is -1.14. The van der Waals surface area contributed by atoms with E-state index in [1.54, 1.807) is 7.11 Å². The number of esters is 1. The molecule has 0 saturated carbocycles. The van der Waals surface area contributed by atoms with Crippen molar-refractivity contribution in [3.8, 4) is 0 Å². The highest BCUT2D eigenvalue weighted by Gasteiger charge is 2.29. The number of methoxy groups -OCH3 is 2. The second kappa shape index (κ2) is 5.67. The van der Waals surface area contributed by atoms with Crippen LogP contribution in [0.3, 0.4) is 0 Å². The Labute approximate surface area is 88.5 Å². The predicted molar refractivity (Wildman–Crippen MR) is 52.3 cm³/mol. The van der Waals surface area contributed by atoms with Crippen molar-refractivity contribution in [1.29, 1.82) is 0 Å². The van der Waals surface area contributed by atoms with Crippen LogP contribution in [0.1, 0.15) is 0 Å². The first-order valence-electron chi connectivity index (χ1n) is 4.76. The van der Waals surface area contributed by atoms with E-state index in [1.165, 1.54) is 7.11 Å². The van der Waals surface area contributed by atoms with Crippen LogP contribution < -0.4 is 5.32 Å². The SMILES string of the molecule is COCCN1CC(=O)NC(C(=O)OC)C1. The average molecular weight is 216 g/mol. The van der Waals surface area contributed by atoms with E-state index in [0.717, 1.165) is 0 Å². The Kier molecular flexibility index (Phi) is 4.51. The third-order valence-electron chi connectivity index (χ3n) is 2.24. The van der Waals surface area contributed by atoms with E-state index in [-0.39, 0.29) is 5.91 Å². The maximum Gasteiger partial charge on any atom is 0.329 e. The van der Waals surface area contributed by atoms with E-state index >= 15 is 0 Å². The minimum Gasteiger partial charge on any atom is -0.467 e. The van der Waals surface area contributed by atoms with Gasteiger partial charge in [-0.05, 0) is 0 Å². The van der Waals surface area contributed by atoms with Crippen molar-refractivity contribution in [3.05, 3.63) is 0 Å². The summed E-state index contributed by atoms with van der Waals surface area (Å²) in [5.74, 6) is -0.571. The number of ether oxygens (including phenoxy) is 2. The lowest BCUT2D eigenvalue weighted by Gasteiger charge is -2.31. The van der Waals surface area contributed by atoms with Gasteiger partial charge >= 0.3 is 5.97 Å². The summed E-state index contributed by atoms with van der Waals surface area (Å²) < 4.78 is 9.49. The number of amides is 1. The van der Waals surface area contributed by atoms with Gasteiger partial charge in [-0.1, -0.05) is 0 Å². The van der Waals surface area contributed by atoms with Crippen molar-refractivity contribution in [2.24, 2.45) is 0 Å². The third-order valence-corrected chi connectivity index (χ3v) is 2.24. The number of carbonyl (C=O) groups excluding carboxylic acids is 2. The van der Waals surface area contributed by atoms with Gasteiger partial charge in [0.2, 0.25) is 5.91 Å². The van der Waals surface area contributed by atoms with Crippen LogP contribution in [0.5, 0.6) is 0 Å². The largest absolute Gasteiger partial charge is 0.467 e. The van der Waals surface area contributed by atoms with Gasteiger partial charge in [0.25, 0.3) is 0 Å². The van der Waals surface area contributed by atoms with E-state index in [9.17, 15) is 9.59 Å². The summed E-state index contributed by atoms with van der Waals surface area (Å²) in [6.45, 7) is 1.96. The van der Waals surface area contributed by atoms with Crippen molar-refractivity contribution in [2.75, 3.05) is 40.5 Å². The highest BCUT2D eigenvalue weighted by molar-refractivity contribution is 5.86. The highest BCUT2D eigenvalue weighted by Crippen LogP contribution is 2.01. The van der Waals surface area contributed by atoms with Crippen LogP contribution in [0.2, 0.25) is 0 Å². The van der Waals surface area contributed by atoms with Gasteiger partial charge in [0.05, 0.1) is 20.3 Å². The molecule has 0 aromatic carbocycles. The van der Waals surface area contributed by atoms with Crippen LogP contribution in [-0.2, 0) is 19.1 Å². The van der Waals surface area contributed by atoms with Crippen LogP contribution in [0.15, 0.2) is 0 Å². The molecule has 86 valence electrons. The molecule has 1 N–H and O–H groups in total. The van der Waals surface area contributed by atoms with Gasteiger partial charge in [-0.3, -0.25) is 9.69 Å². The first-order valence-corrected chi connectivity index (χ1v) is 4.76. The number of nitrogens with one attached hydrogen (secondary N) is 1. The van der Waals surface area contributed by atoms with Gasteiger partial charge in [-0.2, -0.15) is 0 Å². The topological polar surface area (TPSA) is 67.9 Å². The second-order valence-electron chi connectivity index (χ2n) is 3.37. The van der Waals surface area contributed by atoms with Gasteiger partial charge in [-0.15, -0.1) is 0 Å². The normalized spacial score (nSPS) is 22.3. The summed E-state index contributed by atoms with van der Waals surface area (Å²) in [4.78, 5) is 24.4. The summed E-state index contributed by atoms with van der Waals surface area (Å²) in [6.07, 6.45) is 0. The molecular weight excluding hydrogens is 200 g/mol. The number of hydrogen-bond acceptors (Lipinski definition) is 5. The molecule has 15 heavy (non-hydrogen) atoms. The molecule has 0 aliphatic carbocycles. The molecule has 1 fully saturated rings. The lowest BCUT2D eigenvalue weighted by atomic mass is 10.2. The van der Waals surface area contributed by atoms with Crippen LogP contribution in [0.25, 0.3) is 0 Å². The minimum atomic E-state index is -0.562. The zero-order valence-corrected chi connectivity index (χ0v) is 8.99. The molecule has 0 aromatic heterocycles. The molecule has 1 rings (SSSR count). The molecular formula is C9H16N2O4. The fourth-order valence-electron chi connectivity index (χ4n) is 1.48. The first kappa shape index (κ1) is 11.9. The summed E-state index contributed by atoms with van der Waals surface area (Å²) in [5, 5.41) is 2.58. The zero-order chi connectivity index (χ0) is 11.3. The highest BCUT2D eigenvalue weighted by atomic mass is 16.5. The predicted octanol–water partition coefficient (Wildman–Crippen LogP) is -1.39. The van der Waals surface area contributed by atoms with Gasteiger partial charge < -0.3 is 14.8 Å². The van der Waals surface area contributed by atoms with E-state index in [4.69, 9.17) is 4.74 Å². The summed E-state index contributed by atoms with van der Waals surface area (Å²) >= 11 is 0. The Morgan fingerprint density at radius 2 is 2.33 bits per heavy atom. The molecule has 0 spiro atoms. The quantitative estimate of drug-likeness (QED) is 0.586. The number of piperazine rings is 1. The lowest BCUT2D eigenvalue weighted by molar-refractivity contribution is -0.147. The summed E-state index contributed by atoms with van der Waals surface area (Å²) in [7, 11) is 2.91. The summed E-state index contributed by atoms with van der Waals surface area (Å²) in [6, 6.07) is -0.562. The fourth-order valence-corrected chi connectivity index (χ4v) is 1.48. The third kappa shape index (κ3) is 3.49. The Morgan fingerprint density at radius 1 is 1.60 bits per heavy atom. The molecule has 1 saturated heterocycles. The van der Waals surface area contributed by atoms with Crippen molar-refractivity contribution in [2.45, 2.75) is 6.04 Å². The van der Waals surface area contributed by atoms with E-state index in [1.807, 2.05) is 4.90 Å². The maximum absolute atomic E-state index is 11.3. The standard InChI is InChI=1S/C9H16N2O4/c1-14-4-3-11-5-7(9(13)15-2)10-8(12)6-11/h7H,3-6H2,1-2H3,(H,10,12). The molecule has 1 aliphatic heterocycles. The smallest absolute Gasteiger partial charge is 0.329 e. The van der Waals surface area contributed by atoms with Crippen molar-refractivity contribution < 1.29 is 19.1 Å². The molecule has 6 nitrogen and oxygen atoms in total. The molecule has 0 radical (unpaired) electrons. The van der Waals surface area contributed by atoms with Crippen molar-refractivity contribution in [1.82, 2.24) is 10.2 Å². The average Bonchev–Trinajstić information content (AvgIpc) is 2.24. The Bertz CT molecular complexity index is 244. The number of nitrogens with zero attached hydrogens (tertiary/aromatic N) is 1. The lowest BCUT2D eigenvalue weighted by Crippen LogP contribution is -2.57. The Morgan fingerprint density at radius 3 is 2.93 bits per heavy atom. The van der Waals surface area contributed by atoms with Gasteiger partial charge in [-0.25, -0.2) is 4.79 Å². The fraction of sp³-hybridized carbons (Fsp3) is 0.778. The molecule has 1 atom stereocenters. The molecule has 0 aromatic rings. The Balaban J connectivity index is 2.48. The monoisotopic (exact) mass is 216 g/mol. The van der Waals surface area contributed by atoms with Gasteiger partial charge in [0.15, 0.2) is 0 Å². The molecule has 0 bridgehead atoms. The maximum atomic E-state index is 11.3. The number of rotatable bonds is 4. The van der Waals surface area contributed by atoms with Gasteiger partial charge in [0, 0.05) is 20.2 Å². The zero-order valence-electron chi connectivity index (χ0n) is 8.99. The molecule has 6 heteroatoms. The van der Waals surface area contributed by atoms with Gasteiger partial charge in [0.1, 0.15) is 6.04 Å². The number of carbonyl (C=O) groups is 2. The number of hydrogen-bond donors (Lipinski definition) is 1. The van der Waals surface area contributed by atoms with E-state index in [2.05, 4.69) is 10.1 Å². The van der Waals surface area contributed by atoms with E-state index in [0.29, 0.717) is 26.2 Å². The minimum absolute atomic E-state index is 0.159. The van der Waals surface area contributed by atoms with Crippen LogP contribution in [0, 0.1) is 0 Å². The van der Waals surface area contributed by atoms with Crippen LogP contribution >= 0.6 is 0 Å². The summed E-state index contributed by atoms with van der Waals surface area (Å²) in [5.41, 5.74) is 0. The molecule has 1 unspecified atom stereocenters. The molecule has 1 amide bonds. The van der Waals surface area contributed by atoms with Crippen molar-refractivity contribution >= 4 is 11.9 Å². The van der Waals surface area contributed by atoms with E-state index < -0.39 is 12.0 Å². The van der Waals surface area contributed by atoms with Crippen LogP contribution in [-0.4, -0.2) is 63.3 Å². The first-order chi connectivity index (χ1) is 7.17. The van der Waals surface area contributed by atoms with Crippen LogP contribution in [0.4, 0.5) is 0 Å².